The first-order chi connectivity index (χ1) is 14.7. The number of phenols is 1. The van der Waals surface area contributed by atoms with Crippen molar-refractivity contribution in [3.63, 3.8) is 0 Å². The van der Waals surface area contributed by atoms with E-state index in [2.05, 4.69) is 21.2 Å². The van der Waals surface area contributed by atoms with Crippen molar-refractivity contribution >= 4 is 56.5 Å². The Bertz CT molecular complexity index is 1100. The number of phenolic OH excluding ortho intramolecular Hbond substituents is 1. The van der Waals surface area contributed by atoms with Gasteiger partial charge in [0.05, 0.1) is 16.0 Å². The molecule has 0 spiro atoms. The SMILES string of the molecule is CCOc1cc(/C=C2/SC(=O)N(CC(=O)Nc3ccc(C)cc3C)C2=O)cc(Br)c1O. The normalized spacial score (nSPS) is 15.0. The summed E-state index contributed by atoms with van der Waals surface area (Å²) in [5.74, 6) is -0.792. The molecule has 1 aliphatic rings. The quantitative estimate of drug-likeness (QED) is 0.546. The number of aromatic hydroxyl groups is 1. The molecular formula is C22H21BrN2O5S. The van der Waals surface area contributed by atoms with Crippen LogP contribution in [0.1, 0.15) is 23.6 Å². The number of carbonyl (C=O) groups is 3. The Hall–Kier alpha value is -2.78. The average molecular weight is 505 g/mol. The summed E-state index contributed by atoms with van der Waals surface area (Å²) in [6, 6.07) is 8.78. The highest BCUT2D eigenvalue weighted by Crippen LogP contribution is 2.38. The molecule has 31 heavy (non-hydrogen) atoms. The van der Waals surface area contributed by atoms with Crippen molar-refractivity contribution in [2.45, 2.75) is 20.8 Å². The molecule has 0 aliphatic carbocycles. The molecule has 1 heterocycles. The van der Waals surface area contributed by atoms with Gasteiger partial charge in [-0.2, -0.15) is 0 Å². The number of nitrogens with one attached hydrogen (secondary N) is 1. The van der Waals surface area contributed by atoms with E-state index in [9.17, 15) is 19.5 Å². The first-order valence-corrected chi connectivity index (χ1v) is 11.1. The number of hydrogen-bond donors (Lipinski definition) is 2. The lowest BCUT2D eigenvalue weighted by Gasteiger charge is -2.14. The third-order valence-electron chi connectivity index (χ3n) is 4.48. The van der Waals surface area contributed by atoms with E-state index in [0.717, 1.165) is 27.8 Å². The van der Waals surface area contributed by atoms with Gasteiger partial charge in [0.15, 0.2) is 11.5 Å². The summed E-state index contributed by atoms with van der Waals surface area (Å²) in [6.07, 6.45) is 1.53. The predicted molar refractivity (Wildman–Crippen MR) is 124 cm³/mol. The van der Waals surface area contributed by atoms with Crippen molar-refractivity contribution in [1.29, 1.82) is 0 Å². The van der Waals surface area contributed by atoms with Crippen molar-refractivity contribution in [3.05, 3.63) is 56.4 Å². The van der Waals surface area contributed by atoms with Gasteiger partial charge in [-0.15, -0.1) is 0 Å². The number of rotatable bonds is 6. The molecule has 2 aromatic carbocycles. The molecule has 7 nitrogen and oxygen atoms in total. The molecule has 9 heteroatoms. The minimum atomic E-state index is -0.548. The molecule has 0 atom stereocenters. The molecule has 1 aliphatic heterocycles. The van der Waals surface area contributed by atoms with Gasteiger partial charge < -0.3 is 15.2 Å². The van der Waals surface area contributed by atoms with Crippen molar-refractivity contribution in [3.8, 4) is 11.5 Å². The Morgan fingerprint density at radius 2 is 2.00 bits per heavy atom. The topological polar surface area (TPSA) is 95.9 Å². The fraction of sp³-hybridized carbons (Fsp3) is 0.227. The van der Waals surface area contributed by atoms with Crippen molar-refractivity contribution in [2.24, 2.45) is 0 Å². The Morgan fingerprint density at radius 3 is 2.68 bits per heavy atom. The number of thioether (sulfide) groups is 1. The summed E-state index contributed by atoms with van der Waals surface area (Å²) in [5, 5.41) is 12.3. The fourth-order valence-electron chi connectivity index (χ4n) is 3.02. The Balaban J connectivity index is 1.75. The lowest BCUT2D eigenvalue weighted by Crippen LogP contribution is -2.36. The molecule has 0 radical (unpaired) electrons. The maximum Gasteiger partial charge on any atom is 0.294 e. The van der Waals surface area contributed by atoms with Crippen LogP contribution in [-0.4, -0.2) is 40.2 Å². The van der Waals surface area contributed by atoms with Crippen molar-refractivity contribution in [1.82, 2.24) is 4.90 Å². The monoisotopic (exact) mass is 504 g/mol. The smallest absolute Gasteiger partial charge is 0.294 e. The second-order valence-electron chi connectivity index (χ2n) is 6.92. The van der Waals surface area contributed by atoms with Gasteiger partial charge in [-0.05, 0) is 83.9 Å². The molecule has 2 aromatic rings. The predicted octanol–water partition coefficient (Wildman–Crippen LogP) is 4.85. The molecule has 1 saturated heterocycles. The Labute approximate surface area is 192 Å². The van der Waals surface area contributed by atoms with Gasteiger partial charge in [-0.25, -0.2) is 0 Å². The number of nitrogens with zero attached hydrogens (tertiary/aromatic N) is 1. The largest absolute Gasteiger partial charge is 0.503 e. The van der Waals surface area contributed by atoms with Crippen LogP contribution >= 0.6 is 27.7 Å². The second-order valence-corrected chi connectivity index (χ2v) is 8.76. The molecule has 2 N–H and O–H groups in total. The zero-order chi connectivity index (χ0) is 22.7. The first kappa shape index (κ1) is 22.9. The minimum absolute atomic E-state index is 0.0461. The average Bonchev–Trinajstić information content (AvgIpc) is 2.95. The van der Waals surface area contributed by atoms with Crippen molar-refractivity contribution < 1.29 is 24.2 Å². The van der Waals surface area contributed by atoms with Crippen LogP contribution in [0.4, 0.5) is 10.5 Å². The fourth-order valence-corrected chi connectivity index (χ4v) is 4.32. The van der Waals surface area contributed by atoms with Crippen LogP contribution in [0, 0.1) is 13.8 Å². The van der Waals surface area contributed by atoms with Gasteiger partial charge in [-0.3, -0.25) is 19.3 Å². The maximum atomic E-state index is 12.7. The van der Waals surface area contributed by atoms with E-state index in [0.29, 0.717) is 22.3 Å². The van der Waals surface area contributed by atoms with Crippen LogP contribution in [-0.2, 0) is 9.59 Å². The summed E-state index contributed by atoms with van der Waals surface area (Å²) in [4.78, 5) is 38.6. The molecule has 0 aromatic heterocycles. The first-order valence-electron chi connectivity index (χ1n) is 9.47. The number of hydrogen-bond acceptors (Lipinski definition) is 6. The van der Waals surface area contributed by atoms with Gasteiger partial charge in [-0.1, -0.05) is 17.7 Å². The van der Waals surface area contributed by atoms with Crippen LogP contribution in [0.3, 0.4) is 0 Å². The third kappa shape index (κ3) is 5.29. The number of carbonyl (C=O) groups excluding carboxylic acids is 3. The van der Waals surface area contributed by atoms with E-state index in [4.69, 9.17) is 4.74 Å². The van der Waals surface area contributed by atoms with E-state index in [1.165, 1.54) is 6.08 Å². The van der Waals surface area contributed by atoms with Crippen molar-refractivity contribution in [2.75, 3.05) is 18.5 Å². The van der Waals surface area contributed by atoms with E-state index in [-0.39, 0.29) is 22.9 Å². The molecule has 0 bridgehead atoms. The Kier molecular flexibility index (Phi) is 7.07. The van der Waals surface area contributed by atoms with Crippen LogP contribution in [0.5, 0.6) is 11.5 Å². The highest BCUT2D eigenvalue weighted by Gasteiger charge is 2.36. The second kappa shape index (κ2) is 9.57. The molecule has 3 amide bonds. The number of aryl methyl sites for hydroxylation is 2. The summed E-state index contributed by atoms with van der Waals surface area (Å²) in [5.41, 5.74) is 3.17. The number of imide groups is 1. The molecular weight excluding hydrogens is 484 g/mol. The van der Waals surface area contributed by atoms with E-state index in [1.54, 1.807) is 25.1 Å². The summed E-state index contributed by atoms with van der Waals surface area (Å²) < 4.78 is 5.79. The van der Waals surface area contributed by atoms with Gasteiger partial charge in [0.2, 0.25) is 5.91 Å². The number of benzene rings is 2. The summed E-state index contributed by atoms with van der Waals surface area (Å²) >= 11 is 4.01. The minimum Gasteiger partial charge on any atom is -0.503 e. The lowest BCUT2D eigenvalue weighted by molar-refractivity contribution is -0.127. The van der Waals surface area contributed by atoms with E-state index < -0.39 is 17.1 Å². The highest BCUT2D eigenvalue weighted by atomic mass is 79.9. The summed E-state index contributed by atoms with van der Waals surface area (Å²) in [7, 11) is 0. The Morgan fingerprint density at radius 1 is 1.26 bits per heavy atom. The van der Waals surface area contributed by atoms with Gasteiger partial charge in [0.25, 0.3) is 11.1 Å². The molecule has 1 fully saturated rings. The maximum absolute atomic E-state index is 12.7. The number of anilines is 1. The highest BCUT2D eigenvalue weighted by molar-refractivity contribution is 9.10. The zero-order valence-corrected chi connectivity index (χ0v) is 19.6. The van der Waals surface area contributed by atoms with Crippen LogP contribution < -0.4 is 10.1 Å². The zero-order valence-electron chi connectivity index (χ0n) is 17.2. The van der Waals surface area contributed by atoms with E-state index in [1.807, 2.05) is 26.0 Å². The summed E-state index contributed by atoms with van der Waals surface area (Å²) in [6.45, 7) is 5.59. The number of amides is 3. The van der Waals surface area contributed by atoms with Crippen LogP contribution in [0.25, 0.3) is 6.08 Å². The van der Waals surface area contributed by atoms with Gasteiger partial charge in [0.1, 0.15) is 6.54 Å². The van der Waals surface area contributed by atoms with E-state index >= 15 is 0 Å². The van der Waals surface area contributed by atoms with Crippen LogP contribution in [0.2, 0.25) is 0 Å². The van der Waals surface area contributed by atoms with Crippen LogP contribution in [0.15, 0.2) is 39.7 Å². The van der Waals surface area contributed by atoms with Gasteiger partial charge in [0, 0.05) is 5.69 Å². The molecule has 162 valence electrons. The molecule has 0 saturated carbocycles. The van der Waals surface area contributed by atoms with Gasteiger partial charge >= 0.3 is 0 Å². The number of ether oxygens (including phenoxy) is 1. The third-order valence-corrected chi connectivity index (χ3v) is 5.99. The molecule has 3 rings (SSSR count). The molecule has 0 unspecified atom stereocenters. The lowest BCUT2D eigenvalue weighted by atomic mass is 10.1. The standard InChI is InChI=1S/C22H21BrN2O5S/c1-4-30-17-9-14(8-15(23)20(17)27)10-18-21(28)25(22(29)31-18)11-19(26)24-16-6-5-12(2)7-13(16)3/h5-10,27H,4,11H2,1-3H3,(H,24,26)/b18-10+. The number of halogens is 1.